The van der Waals surface area contributed by atoms with E-state index in [1.165, 1.54) is 0 Å². The Morgan fingerprint density at radius 1 is 0.950 bits per heavy atom. The van der Waals surface area contributed by atoms with E-state index in [0.29, 0.717) is 0 Å². The minimum absolute atomic E-state index is 0.0291. The van der Waals surface area contributed by atoms with Gasteiger partial charge in [0, 0.05) is 19.3 Å². The Bertz CT molecular complexity index is 342. The zero-order valence-electron chi connectivity index (χ0n) is 10.9. The first-order valence-corrected chi connectivity index (χ1v) is 6.40. The molecule has 20 heavy (non-hydrogen) atoms. The Hall–Kier alpha value is -1.06. The predicted octanol–water partition coefficient (Wildman–Crippen LogP) is -1.96. The second-order valence-corrected chi connectivity index (χ2v) is 4.86. The predicted molar refractivity (Wildman–Crippen MR) is 64.9 cm³/mol. The molecule has 8 nitrogen and oxygen atoms in total. The largest absolute Gasteiger partial charge is 0.481 e. The van der Waals surface area contributed by atoms with Crippen LogP contribution in [0.4, 0.5) is 0 Å². The van der Waals surface area contributed by atoms with Gasteiger partial charge in [-0.1, -0.05) is 0 Å². The highest BCUT2D eigenvalue weighted by Crippen LogP contribution is 2.23. The summed E-state index contributed by atoms with van der Waals surface area (Å²) < 4.78 is 5.18. The summed E-state index contributed by atoms with van der Waals surface area (Å²) in [4.78, 5) is 22.0. The number of carboxylic acid groups (broad SMARTS) is 1. The number of Topliss-reactive ketones (excluding diaryl/α,β-unsaturated/α-hetero) is 1. The van der Waals surface area contributed by atoms with Crippen LogP contribution in [0.5, 0.6) is 0 Å². The number of hydrogen-bond donors (Lipinski definition) is 5. The molecule has 8 heteroatoms. The fourth-order valence-corrected chi connectivity index (χ4v) is 2.11. The normalized spacial score (nSPS) is 33.9. The van der Waals surface area contributed by atoms with Gasteiger partial charge in [0.2, 0.25) is 0 Å². The van der Waals surface area contributed by atoms with Crippen LogP contribution < -0.4 is 0 Å². The second-order valence-electron chi connectivity index (χ2n) is 4.86. The van der Waals surface area contributed by atoms with Crippen LogP contribution in [0.1, 0.15) is 25.7 Å². The lowest BCUT2D eigenvalue weighted by molar-refractivity contribution is -0.229. The molecule has 1 fully saturated rings. The van der Waals surface area contributed by atoms with Crippen molar-refractivity contribution in [3.63, 3.8) is 0 Å². The van der Waals surface area contributed by atoms with Crippen molar-refractivity contribution in [1.82, 2.24) is 0 Å². The SMILES string of the molecule is O=C(O)CCCC(=O)C[C@H]1O[C@H](CO)[C@@H](O)[C@H](O)[C@H]1O. The molecule has 5 N–H and O–H groups in total. The van der Waals surface area contributed by atoms with E-state index >= 15 is 0 Å². The van der Waals surface area contributed by atoms with Crippen molar-refractivity contribution in [2.45, 2.75) is 56.2 Å². The van der Waals surface area contributed by atoms with Gasteiger partial charge in [0.15, 0.2) is 0 Å². The van der Waals surface area contributed by atoms with Gasteiger partial charge < -0.3 is 30.3 Å². The molecular formula is C12H20O8. The zero-order valence-corrected chi connectivity index (χ0v) is 10.9. The molecule has 1 saturated heterocycles. The van der Waals surface area contributed by atoms with Crippen molar-refractivity contribution in [1.29, 1.82) is 0 Å². The molecule has 0 bridgehead atoms. The van der Waals surface area contributed by atoms with Gasteiger partial charge in [-0.05, 0) is 6.42 Å². The molecule has 0 aromatic heterocycles. The van der Waals surface area contributed by atoms with Crippen molar-refractivity contribution in [3.8, 4) is 0 Å². The molecule has 1 rings (SSSR count). The molecule has 0 amide bonds. The first kappa shape index (κ1) is 17.0. The van der Waals surface area contributed by atoms with Crippen LogP contribution in [-0.4, -0.2) is 74.4 Å². The highest BCUT2D eigenvalue weighted by atomic mass is 16.5. The Morgan fingerprint density at radius 2 is 1.55 bits per heavy atom. The van der Waals surface area contributed by atoms with E-state index in [-0.39, 0.29) is 31.5 Å². The average molecular weight is 292 g/mol. The number of carbonyl (C=O) groups is 2. The lowest BCUT2D eigenvalue weighted by Gasteiger charge is -2.39. The Labute approximate surface area is 115 Å². The minimum atomic E-state index is -1.50. The molecule has 0 aromatic carbocycles. The number of rotatable bonds is 7. The van der Waals surface area contributed by atoms with Crippen LogP contribution in [0.25, 0.3) is 0 Å². The molecular weight excluding hydrogens is 272 g/mol. The van der Waals surface area contributed by atoms with Gasteiger partial charge >= 0.3 is 5.97 Å². The van der Waals surface area contributed by atoms with Gasteiger partial charge in [-0.3, -0.25) is 9.59 Å². The standard InChI is InChI=1S/C12H20O8/c13-5-8-11(18)12(19)10(17)7(20-8)4-6(14)2-1-3-9(15)16/h7-8,10-13,17-19H,1-5H2,(H,15,16)/t7-,8-,10+,11-,12-/m1/s1. The van der Waals surface area contributed by atoms with Gasteiger partial charge in [0.1, 0.15) is 30.2 Å². The van der Waals surface area contributed by atoms with Crippen molar-refractivity contribution < 1.29 is 39.9 Å². The average Bonchev–Trinajstić information content (AvgIpc) is 2.39. The van der Waals surface area contributed by atoms with E-state index in [1.54, 1.807) is 0 Å². The third kappa shape index (κ3) is 4.50. The zero-order chi connectivity index (χ0) is 15.3. The Kier molecular flexibility index (Phi) is 6.50. The summed E-state index contributed by atoms with van der Waals surface area (Å²) in [5, 5.41) is 46.3. The fraction of sp³-hybridized carbons (Fsp3) is 0.833. The molecule has 0 spiro atoms. The smallest absolute Gasteiger partial charge is 0.303 e. The third-order valence-corrected chi connectivity index (χ3v) is 3.27. The van der Waals surface area contributed by atoms with Crippen LogP contribution in [0.2, 0.25) is 0 Å². The summed E-state index contributed by atoms with van der Waals surface area (Å²) in [5.74, 6) is -1.30. The molecule has 1 heterocycles. The molecule has 1 aliphatic heterocycles. The lowest BCUT2D eigenvalue weighted by Crippen LogP contribution is -2.58. The number of ketones is 1. The number of ether oxygens (including phenoxy) is 1. The molecule has 116 valence electrons. The Morgan fingerprint density at radius 3 is 2.10 bits per heavy atom. The van der Waals surface area contributed by atoms with Gasteiger partial charge in [-0.2, -0.15) is 0 Å². The summed E-state index contributed by atoms with van der Waals surface area (Å²) in [7, 11) is 0. The third-order valence-electron chi connectivity index (χ3n) is 3.27. The summed E-state index contributed by atoms with van der Waals surface area (Å²) in [6, 6.07) is 0. The summed E-state index contributed by atoms with van der Waals surface area (Å²) >= 11 is 0. The van der Waals surface area contributed by atoms with Crippen LogP contribution in [0.3, 0.4) is 0 Å². The highest BCUT2D eigenvalue weighted by Gasteiger charge is 2.43. The lowest BCUT2D eigenvalue weighted by atomic mass is 9.92. The summed E-state index contributed by atoms with van der Waals surface area (Å²) in [6.45, 7) is -0.547. The van der Waals surface area contributed by atoms with Crippen molar-refractivity contribution >= 4 is 11.8 Å². The maximum absolute atomic E-state index is 11.6. The summed E-state index contributed by atoms with van der Waals surface area (Å²) in [6.07, 6.45) is -6.57. The van der Waals surface area contributed by atoms with Crippen LogP contribution in [-0.2, 0) is 14.3 Å². The summed E-state index contributed by atoms with van der Waals surface area (Å²) in [5.41, 5.74) is 0. The maximum Gasteiger partial charge on any atom is 0.303 e. The van der Waals surface area contributed by atoms with Gasteiger partial charge in [-0.25, -0.2) is 0 Å². The van der Waals surface area contributed by atoms with Crippen molar-refractivity contribution in [2.75, 3.05) is 6.61 Å². The van der Waals surface area contributed by atoms with E-state index in [4.69, 9.17) is 14.9 Å². The fourth-order valence-electron chi connectivity index (χ4n) is 2.11. The molecule has 0 saturated carbocycles. The van der Waals surface area contributed by atoms with E-state index in [9.17, 15) is 24.9 Å². The second kappa shape index (κ2) is 7.65. The number of aliphatic hydroxyl groups is 4. The van der Waals surface area contributed by atoms with E-state index in [0.717, 1.165) is 0 Å². The van der Waals surface area contributed by atoms with E-state index in [1.807, 2.05) is 0 Å². The quantitative estimate of drug-likeness (QED) is 0.364. The molecule has 0 aromatic rings. The minimum Gasteiger partial charge on any atom is -0.481 e. The first-order chi connectivity index (χ1) is 9.36. The number of hydrogen-bond acceptors (Lipinski definition) is 7. The molecule has 0 radical (unpaired) electrons. The van der Waals surface area contributed by atoms with Gasteiger partial charge in [0.05, 0.1) is 12.7 Å². The number of carboxylic acids is 1. The molecule has 0 aliphatic carbocycles. The van der Waals surface area contributed by atoms with Gasteiger partial charge in [0.25, 0.3) is 0 Å². The van der Waals surface area contributed by atoms with Gasteiger partial charge in [-0.15, -0.1) is 0 Å². The van der Waals surface area contributed by atoms with Crippen LogP contribution in [0, 0.1) is 0 Å². The van der Waals surface area contributed by atoms with Crippen molar-refractivity contribution in [3.05, 3.63) is 0 Å². The first-order valence-electron chi connectivity index (χ1n) is 6.40. The van der Waals surface area contributed by atoms with Crippen LogP contribution in [0.15, 0.2) is 0 Å². The van der Waals surface area contributed by atoms with E-state index in [2.05, 4.69) is 0 Å². The molecule has 1 aliphatic rings. The molecule has 0 unspecified atom stereocenters. The molecule has 5 atom stereocenters. The number of carbonyl (C=O) groups excluding carboxylic acids is 1. The van der Waals surface area contributed by atoms with Crippen LogP contribution >= 0.6 is 0 Å². The number of aliphatic hydroxyl groups excluding tert-OH is 4. The monoisotopic (exact) mass is 292 g/mol. The Balaban J connectivity index is 2.49. The maximum atomic E-state index is 11.6. The van der Waals surface area contributed by atoms with Crippen molar-refractivity contribution in [2.24, 2.45) is 0 Å². The highest BCUT2D eigenvalue weighted by molar-refractivity contribution is 5.79. The topological polar surface area (TPSA) is 145 Å². The van der Waals surface area contributed by atoms with E-state index < -0.39 is 43.1 Å². The number of aliphatic carboxylic acids is 1.